The van der Waals surface area contributed by atoms with Gasteiger partial charge >= 0.3 is 0 Å². The van der Waals surface area contributed by atoms with Crippen LogP contribution in [0.5, 0.6) is 11.5 Å². The number of benzene rings is 2. The van der Waals surface area contributed by atoms with Crippen LogP contribution in [0.2, 0.25) is 0 Å². The summed E-state index contributed by atoms with van der Waals surface area (Å²) in [4.78, 5) is 9.19. The average molecular weight is 408 g/mol. The minimum absolute atomic E-state index is 0.477. The lowest BCUT2D eigenvalue weighted by Crippen LogP contribution is -2.30. The topological polar surface area (TPSA) is 72.7 Å². The third kappa shape index (κ3) is 5.76. The fraction of sp³-hybridized carbons (Fsp3) is 0.304. The maximum Gasteiger partial charge on any atom is 0.196 e. The van der Waals surface area contributed by atoms with E-state index in [2.05, 4.69) is 44.5 Å². The number of anilines is 1. The van der Waals surface area contributed by atoms with Gasteiger partial charge in [-0.3, -0.25) is 0 Å². The molecule has 2 N–H and O–H groups in total. The lowest BCUT2D eigenvalue weighted by Gasteiger charge is -2.14. The van der Waals surface area contributed by atoms with Gasteiger partial charge in [-0.05, 0) is 31.0 Å². The van der Waals surface area contributed by atoms with E-state index in [1.165, 1.54) is 5.56 Å². The van der Waals surface area contributed by atoms with E-state index < -0.39 is 0 Å². The number of nitrogens with one attached hydrogen (secondary N) is 2. The first-order chi connectivity index (χ1) is 14.7. The van der Waals surface area contributed by atoms with Crippen molar-refractivity contribution < 1.29 is 9.47 Å². The van der Waals surface area contributed by atoms with Crippen molar-refractivity contribution >= 4 is 11.6 Å². The summed E-state index contributed by atoms with van der Waals surface area (Å²) in [5, 5.41) is 6.58. The number of nitrogens with zero attached hydrogens (tertiary/aromatic N) is 3. The zero-order chi connectivity index (χ0) is 21.2. The SMILES string of the molecule is CCNC(=NCc1nccn1CCc1ccccc1)Nc1ccc(OC)c(OC)c1. The fourth-order valence-corrected chi connectivity index (χ4v) is 3.10. The van der Waals surface area contributed by atoms with E-state index in [1.54, 1.807) is 14.2 Å². The van der Waals surface area contributed by atoms with E-state index in [-0.39, 0.29) is 0 Å². The van der Waals surface area contributed by atoms with Gasteiger partial charge in [0.1, 0.15) is 12.4 Å². The number of aliphatic imine (C=N–C) groups is 1. The maximum absolute atomic E-state index is 5.38. The number of aryl methyl sites for hydroxylation is 2. The molecule has 158 valence electrons. The van der Waals surface area contributed by atoms with E-state index >= 15 is 0 Å². The van der Waals surface area contributed by atoms with Gasteiger partial charge in [0, 0.05) is 37.2 Å². The van der Waals surface area contributed by atoms with E-state index in [1.807, 2.05) is 43.6 Å². The summed E-state index contributed by atoms with van der Waals surface area (Å²) < 4.78 is 12.8. The van der Waals surface area contributed by atoms with Crippen molar-refractivity contribution in [3.05, 3.63) is 72.3 Å². The third-order valence-electron chi connectivity index (χ3n) is 4.66. The average Bonchev–Trinajstić information content (AvgIpc) is 3.24. The molecule has 0 aliphatic heterocycles. The molecular formula is C23H29N5O2. The lowest BCUT2D eigenvalue weighted by molar-refractivity contribution is 0.355. The van der Waals surface area contributed by atoms with E-state index in [0.717, 1.165) is 31.0 Å². The van der Waals surface area contributed by atoms with Gasteiger partial charge < -0.3 is 24.7 Å². The predicted molar refractivity (Wildman–Crippen MR) is 120 cm³/mol. The first kappa shape index (κ1) is 21.2. The van der Waals surface area contributed by atoms with E-state index in [4.69, 9.17) is 14.5 Å². The Balaban J connectivity index is 1.67. The van der Waals surface area contributed by atoms with Crippen molar-refractivity contribution in [1.29, 1.82) is 0 Å². The van der Waals surface area contributed by atoms with Crippen molar-refractivity contribution in [3.8, 4) is 11.5 Å². The van der Waals surface area contributed by atoms with Crippen LogP contribution in [0.15, 0.2) is 65.9 Å². The predicted octanol–water partition coefficient (Wildman–Crippen LogP) is 3.72. The highest BCUT2D eigenvalue weighted by molar-refractivity contribution is 5.93. The van der Waals surface area contributed by atoms with Crippen LogP contribution in [-0.4, -0.2) is 36.3 Å². The summed E-state index contributed by atoms with van der Waals surface area (Å²) in [6, 6.07) is 16.1. The molecule has 0 saturated carbocycles. The summed E-state index contributed by atoms with van der Waals surface area (Å²) >= 11 is 0. The van der Waals surface area contributed by atoms with Crippen LogP contribution in [0.4, 0.5) is 5.69 Å². The second-order valence-electron chi connectivity index (χ2n) is 6.66. The molecule has 0 saturated heterocycles. The highest BCUT2D eigenvalue weighted by Gasteiger charge is 2.07. The van der Waals surface area contributed by atoms with Crippen LogP contribution in [0.3, 0.4) is 0 Å². The lowest BCUT2D eigenvalue weighted by atomic mass is 10.1. The molecule has 0 aliphatic carbocycles. The minimum atomic E-state index is 0.477. The smallest absolute Gasteiger partial charge is 0.196 e. The molecule has 30 heavy (non-hydrogen) atoms. The van der Waals surface area contributed by atoms with Gasteiger partial charge in [-0.2, -0.15) is 0 Å². The van der Waals surface area contributed by atoms with Crippen molar-refractivity contribution in [1.82, 2.24) is 14.9 Å². The normalized spacial score (nSPS) is 11.2. The van der Waals surface area contributed by atoms with Gasteiger partial charge in [0.25, 0.3) is 0 Å². The Hall–Kier alpha value is -3.48. The van der Waals surface area contributed by atoms with Crippen LogP contribution in [0, 0.1) is 0 Å². The number of rotatable bonds is 9. The first-order valence-corrected chi connectivity index (χ1v) is 10.0. The Kier molecular flexibility index (Phi) is 7.71. The van der Waals surface area contributed by atoms with E-state index in [0.29, 0.717) is 24.0 Å². The number of aromatic nitrogens is 2. The fourth-order valence-electron chi connectivity index (χ4n) is 3.10. The van der Waals surface area contributed by atoms with Crippen molar-refractivity contribution in [2.45, 2.75) is 26.4 Å². The Morgan fingerprint density at radius 2 is 1.87 bits per heavy atom. The minimum Gasteiger partial charge on any atom is -0.493 e. The molecule has 3 rings (SSSR count). The molecule has 0 bridgehead atoms. The Morgan fingerprint density at radius 1 is 1.07 bits per heavy atom. The third-order valence-corrected chi connectivity index (χ3v) is 4.66. The van der Waals surface area contributed by atoms with Crippen LogP contribution in [0.1, 0.15) is 18.3 Å². The van der Waals surface area contributed by atoms with Crippen LogP contribution in [-0.2, 0) is 19.5 Å². The molecule has 3 aromatic rings. The molecule has 0 atom stereocenters. The molecule has 0 aliphatic rings. The highest BCUT2D eigenvalue weighted by atomic mass is 16.5. The largest absolute Gasteiger partial charge is 0.493 e. The van der Waals surface area contributed by atoms with Gasteiger partial charge in [-0.1, -0.05) is 30.3 Å². The summed E-state index contributed by atoms with van der Waals surface area (Å²) in [5.41, 5.74) is 2.17. The maximum atomic E-state index is 5.38. The number of guanidine groups is 1. The van der Waals surface area contributed by atoms with Gasteiger partial charge in [-0.25, -0.2) is 9.98 Å². The molecule has 7 heteroatoms. The van der Waals surface area contributed by atoms with Crippen LogP contribution >= 0.6 is 0 Å². The molecule has 2 aromatic carbocycles. The second-order valence-corrected chi connectivity index (χ2v) is 6.66. The summed E-state index contributed by atoms with van der Waals surface area (Å²) in [5.74, 6) is 2.96. The molecule has 1 aromatic heterocycles. The monoisotopic (exact) mass is 407 g/mol. The Bertz CT molecular complexity index is 953. The molecule has 0 unspecified atom stereocenters. The summed E-state index contributed by atoms with van der Waals surface area (Å²) in [6.45, 7) is 4.13. The van der Waals surface area contributed by atoms with Gasteiger partial charge in [-0.15, -0.1) is 0 Å². The number of hydrogen-bond donors (Lipinski definition) is 2. The number of methoxy groups -OCH3 is 2. The van der Waals surface area contributed by atoms with Gasteiger partial charge in [0.05, 0.1) is 14.2 Å². The number of imidazole rings is 1. The Labute approximate surface area is 177 Å². The number of hydrogen-bond acceptors (Lipinski definition) is 4. The standard InChI is InChI=1S/C23H29N5O2/c1-4-24-23(27-19-10-11-20(29-2)21(16-19)30-3)26-17-22-25-13-15-28(22)14-12-18-8-6-5-7-9-18/h5-11,13,15-16H,4,12,14,17H2,1-3H3,(H2,24,26,27). The van der Waals surface area contributed by atoms with Gasteiger partial charge in [0.15, 0.2) is 17.5 Å². The van der Waals surface area contributed by atoms with Gasteiger partial charge in [0.2, 0.25) is 0 Å². The molecule has 0 spiro atoms. The quantitative estimate of drug-likeness (QED) is 0.418. The van der Waals surface area contributed by atoms with Crippen LogP contribution in [0.25, 0.3) is 0 Å². The second kappa shape index (κ2) is 10.9. The highest BCUT2D eigenvalue weighted by Crippen LogP contribution is 2.29. The molecule has 1 heterocycles. The van der Waals surface area contributed by atoms with E-state index in [9.17, 15) is 0 Å². The van der Waals surface area contributed by atoms with Crippen LogP contribution < -0.4 is 20.1 Å². The molecule has 0 amide bonds. The summed E-state index contributed by atoms with van der Waals surface area (Å²) in [7, 11) is 3.24. The summed E-state index contributed by atoms with van der Waals surface area (Å²) in [6.07, 6.45) is 4.78. The Morgan fingerprint density at radius 3 is 2.60 bits per heavy atom. The molecule has 0 radical (unpaired) electrons. The van der Waals surface area contributed by atoms with Crippen molar-refractivity contribution in [3.63, 3.8) is 0 Å². The molecular weight excluding hydrogens is 378 g/mol. The molecule has 7 nitrogen and oxygen atoms in total. The molecule has 0 fully saturated rings. The van der Waals surface area contributed by atoms with Crippen molar-refractivity contribution in [2.24, 2.45) is 4.99 Å². The zero-order valence-electron chi connectivity index (χ0n) is 17.8. The van der Waals surface area contributed by atoms with Crippen molar-refractivity contribution in [2.75, 3.05) is 26.1 Å². The number of ether oxygens (including phenoxy) is 2. The zero-order valence-corrected chi connectivity index (χ0v) is 17.8. The first-order valence-electron chi connectivity index (χ1n) is 10.0.